The Morgan fingerprint density at radius 1 is 0.340 bits per heavy atom. The summed E-state index contributed by atoms with van der Waals surface area (Å²) in [5, 5.41) is 5.98. The van der Waals surface area contributed by atoms with Crippen LogP contribution in [0.3, 0.4) is 0 Å². The third-order valence-corrected chi connectivity index (χ3v) is 14.1. The number of hydrogen-bond donors (Lipinski definition) is 0. The summed E-state index contributed by atoms with van der Waals surface area (Å²) in [5.41, 5.74) is 5.82. The van der Waals surface area contributed by atoms with Crippen LogP contribution in [0.1, 0.15) is 0 Å². The van der Waals surface area contributed by atoms with E-state index in [9.17, 15) is 19.4 Å². The second-order valence-electron chi connectivity index (χ2n) is 13.4. The van der Waals surface area contributed by atoms with Crippen molar-refractivity contribution < 1.29 is 19.4 Å². The van der Waals surface area contributed by atoms with Gasteiger partial charge in [-0.15, -0.1) is 0 Å². The van der Waals surface area contributed by atoms with E-state index in [2.05, 4.69) is 97.1 Å². The summed E-state index contributed by atoms with van der Waals surface area (Å²) in [6.45, 7) is 0. The van der Waals surface area contributed by atoms with Crippen LogP contribution in [0, 0.1) is 0 Å². The zero-order valence-electron chi connectivity index (χ0n) is 27.8. The van der Waals surface area contributed by atoms with Gasteiger partial charge in [0.25, 0.3) is 0 Å². The van der Waals surface area contributed by atoms with E-state index in [-0.39, 0.29) is 25.3 Å². The van der Waals surface area contributed by atoms with Gasteiger partial charge in [0, 0.05) is 0 Å². The standard InChI is InChI=1S/C46H27F5SSe/c47-52(48,49,50,51)45-35-22-10-8-20-33(35)43(34-21-9-11-23-36(34)45)38-25-12-26-39-44-37(24-13-27-40(44)53-46(38)39)42-31-18-6-4-16-29(31)41(28-14-2-1-3-15-28)30-17-5-7-19-32(30)42/h1-27H. The van der Waals surface area contributed by atoms with Crippen LogP contribution in [0.5, 0.6) is 0 Å². The van der Waals surface area contributed by atoms with E-state index in [1.165, 1.54) is 42.0 Å². The second kappa shape index (κ2) is 10.8. The van der Waals surface area contributed by atoms with Crippen molar-refractivity contribution in [3.63, 3.8) is 0 Å². The Morgan fingerprint density at radius 2 is 0.736 bits per heavy atom. The Morgan fingerprint density at radius 3 is 1.26 bits per heavy atom. The summed E-state index contributed by atoms with van der Waals surface area (Å²) in [7, 11) is -10.1. The monoisotopic (exact) mass is 786 g/mol. The average molecular weight is 786 g/mol. The molecule has 1 heterocycles. The SMILES string of the molecule is FS(F)(F)(F)(F)c1c2ccccc2c(-c2cccc3c2[se]c2cccc(-c4c5ccccc5c(-c5ccccc5)c5ccccc45)c23)c2ccccc12. The topological polar surface area (TPSA) is 0 Å². The molecule has 7 heteroatoms. The van der Waals surface area contributed by atoms with Crippen molar-refractivity contribution in [1.82, 2.24) is 0 Å². The fourth-order valence-electron chi connectivity index (χ4n) is 8.38. The molecule has 0 bridgehead atoms. The van der Waals surface area contributed by atoms with Gasteiger partial charge >= 0.3 is 309 Å². The van der Waals surface area contributed by atoms with Gasteiger partial charge in [-0.2, -0.15) is 0 Å². The molecule has 0 nitrogen and oxygen atoms in total. The molecule has 0 aliphatic carbocycles. The van der Waals surface area contributed by atoms with Gasteiger partial charge in [0.15, 0.2) is 0 Å². The number of hydrogen-bond acceptors (Lipinski definition) is 0. The Labute approximate surface area is 307 Å². The number of rotatable bonds is 4. The first kappa shape index (κ1) is 32.2. The molecule has 0 spiro atoms. The predicted octanol–water partition coefficient (Wildman–Crippen LogP) is 15.3. The molecular weight excluding hydrogens is 759 g/mol. The van der Waals surface area contributed by atoms with E-state index in [0.717, 1.165) is 63.1 Å². The van der Waals surface area contributed by atoms with Crippen LogP contribution in [0.2, 0.25) is 0 Å². The molecular formula is C46H27F5SSe. The molecule has 0 amide bonds. The first-order valence-electron chi connectivity index (χ1n) is 17.1. The average Bonchev–Trinajstić information content (AvgIpc) is 3.55. The molecule has 10 rings (SSSR count). The quantitative estimate of drug-likeness (QED) is 0.0947. The van der Waals surface area contributed by atoms with Crippen molar-refractivity contribution in [3.8, 4) is 33.4 Å². The van der Waals surface area contributed by atoms with Crippen LogP contribution < -0.4 is 0 Å². The molecule has 0 N–H and O–H groups in total. The summed E-state index contributed by atoms with van der Waals surface area (Å²) in [5.74, 6) is 0. The Bertz CT molecular complexity index is 3040. The van der Waals surface area contributed by atoms with Gasteiger partial charge in [0.05, 0.1) is 0 Å². The Hall–Kier alpha value is -5.46. The summed E-state index contributed by atoms with van der Waals surface area (Å²) in [4.78, 5) is -1.82. The fourth-order valence-corrected chi connectivity index (χ4v) is 12.2. The van der Waals surface area contributed by atoms with Crippen molar-refractivity contribution in [1.29, 1.82) is 0 Å². The second-order valence-corrected chi connectivity index (χ2v) is 18.0. The van der Waals surface area contributed by atoms with Crippen LogP contribution in [0.4, 0.5) is 19.4 Å². The molecule has 258 valence electrons. The van der Waals surface area contributed by atoms with Crippen molar-refractivity contribution in [2.45, 2.75) is 4.90 Å². The molecule has 53 heavy (non-hydrogen) atoms. The van der Waals surface area contributed by atoms with Gasteiger partial charge in [-0.3, -0.25) is 0 Å². The van der Waals surface area contributed by atoms with E-state index in [4.69, 9.17) is 0 Å². The summed E-state index contributed by atoms with van der Waals surface area (Å²) in [6, 6.07) is 51.2. The molecule has 0 aliphatic rings. The maximum atomic E-state index is 14.9. The van der Waals surface area contributed by atoms with Crippen molar-refractivity contribution in [3.05, 3.63) is 164 Å². The summed E-state index contributed by atoms with van der Waals surface area (Å²) < 4.78 is 76.6. The van der Waals surface area contributed by atoms with Gasteiger partial charge in [-0.25, -0.2) is 0 Å². The zero-order valence-corrected chi connectivity index (χ0v) is 30.3. The van der Waals surface area contributed by atoms with E-state index in [0.29, 0.717) is 5.56 Å². The Balaban J connectivity index is 1.33. The third-order valence-electron chi connectivity index (χ3n) is 10.3. The van der Waals surface area contributed by atoms with E-state index < -0.39 is 25.9 Å². The maximum absolute atomic E-state index is 14.9. The first-order valence-corrected chi connectivity index (χ1v) is 20.8. The van der Waals surface area contributed by atoms with E-state index in [1.807, 2.05) is 18.2 Å². The molecule has 1 aromatic heterocycles. The molecule has 9 aromatic carbocycles. The van der Waals surface area contributed by atoms with Gasteiger partial charge in [-0.1, -0.05) is 0 Å². The van der Waals surface area contributed by atoms with E-state index in [1.54, 1.807) is 12.1 Å². The van der Waals surface area contributed by atoms with Gasteiger partial charge in [-0.05, 0) is 0 Å². The van der Waals surface area contributed by atoms with E-state index >= 15 is 0 Å². The van der Waals surface area contributed by atoms with Crippen LogP contribution in [0.15, 0.2) is 169 Å². The zero-order chi connectivity index (χ0) is 36.2. The molecule has 0 atom stereocenters. The molecule has 0 radical (unpaired) electrons. The minimum absolute atomic E-state index is 0.156. The third kappa shape index (κ3) is 4.95. The molecule has 0 saturated heterocycles. The first-order chi connectivity index (χ1) is 25.5. The van der Waals surface area contributed by atoms with Crippen LogP contribution >= 0.6 is 10.2 Å². The summed E-state index contributed by atoms with van der Waals surface area (Å²) >= 11 is -0.228. The minimum atomic E-state index is -10.1. The molecule has 0 fully saturated rings. The molecule has 0 aliphatic heterocycles. The van der Waals surface area contributed by atoms with Gasteiger partial charge < -0.3 is 0 Å². The number of halogens is 5. The van der Waals surface area contributed by atoms with Gasteiger partial charge in [0.2, 0.25) is 0 Å². The van der Waals surface area contributed by atoms with Crippen molar-refractivity contribution in [2.75, 3.05) is 0 Å². The van der Waals surface area contributed by atoms with Crippen LogP contribution in [-0.2, 0) is 0 Å². The summed E-state index contributed by atoms with van der Waals surface area (Å²) in [6.07, 6.45) is 0. The Kier molecular flexibility index (Phi) is 6.56. The van der Waals surface area contributed by atoms with Crippen LogP contribution in [-0.4, -0.2) is 14.5 Å². The van der Waals surface area contributed by atoms with Crippen molar-refractivity contribution >= 4 is 87.1 Å². The predicted molar refractivity (Wildman–Crippen MR) is 216 cm³/mol. The number of benzene rings is 9. The molecule has 10 aromatic rings. The normalized spacial score (nSPS) is 13.7. The molecule has 0 saturated carbocycles. The van der Waals surface area contributed by atoms with Gasteiger partial charge in [0.1, 0.15) is 0 Å². The fraction of sp³-hybridized carbons (Fsp3) is 0. The molecule has 0 unspecified atom stereocenters. The van der Waals surface area contributed by atoms with Crippen molar-refractivity contribution in [2.24, 2.45) is 0 Å². The van der Waals surface area contributed by atoms with Crippen LogP contribution in [0.25, 0.3) is 95.8 Å². The number of fused-ring (bicyclic) bond motifs is 7.